The molecule has 0 aromatic heterocycles. The molecule has 0 saturated heterocycles. The Kier molecular flexibility index (Phi) is 6.57. The SMILES string of the molecule is CC[C@@H](Cc1ccc(OC)c(CNC(=O)c2ccccc2)c1)C(=O)O. The van der Waals surface area contributed by atoms with Gasteiger partial charge in [-0.3, -0.25) is 9.59 Å². The monoisotopic (exact) mass is 341 g/mol. The van der Waals surface area contributed by atoms with Crippen LogP contribution in [0.15, 0.2) is 48.5 Å². The summed E-state index contributed by atoms with van der Waals surface area (Å²) in [6.07, 6.45) is 1.02. The number of carboxylic acid groups (broad SMARTS) is 1. The van der Waals surface area contributed by atoms with E-state index in [4.69, 9.17) is 4.74 Å². The minimum absolute atomic E-state index is 0.162. The number of carbonyl (C=O) groups is 2. The molecule has 2 aromatic carbocycles. The van der Waals surface area contributed by atoms with Gasteiger partial charge < -0.3 is 15.2 Å². The third-order valence-corrected chi connectivity index (χ3v) is 4.14. The van der Waals surface area contributed by atoms with Crippen molar-refractivity contribution < 1.29 is 19.4 Å². The molecule has 0 fully saturated rings. The second-order valence-corrected chi connectivity index (χ2v) is 5.84. The van der Waals surface area contributed by atoms with Crippen LogP contribution in [0.5, 0.6) is 5.75 Å². The van der Waals surface area contributed by atoms with Gasteiger partial charge in [0.1, 0.15) is 5.75 Å². The molecule has 0 saturated carbocycles. The Morgan fingerprint density at radius 1 is 1.16 bits per heavy atom. The first-order chi connectivity index (χ1) is 12.0. The molecule has 5 heteroatoms. The topological polar surface area (TPSA) is 75.6 Å². The van der Waals surface area contributed by atoms with Gasteiger partial charge in [0.2, 0.25) is 0 Å². The highest BCUT2D eigenvalue weighted by atomic mass is 16.5. The first kappa shape index (κ1) is 18.5. The minimum atomic E-state index is -0.794. The highest BCUT2D eigenvalue weighted by Crippen LogP contribution is 2.22. The molecule has 0 aliphatic rings. The van der Waals surface area contributed by atoms with Crippen LogP contribution in [0.25, 0.3) is 0 Å². The highest BCUT2D eigenvalue weighted by Gasteiger charge is 2.16. The van der Waals surface area contributed by atoms with Crippen LogP contribution in [0.4, 0.5) is 0 Å². The van der Waals surface area contributed by atoms with Crippen molar-refractivity contribution in [2.75, 3.05) is 7.11 Å². The lowest BCUT2D eigenvalue weighted by molar-refractivity contribution is -0.141. The Labute approximate surface area is 147 Å². The first-order valence-corrected chi connectivity index (χ1v) is 8.27. The second kappa shape index (κ2) is 8.87. The predicted octanol–water partition coefficient (Wildman–Crippen LogP) is 3.28. The fourth-order valence-electron chi connectivity index (χ4n) is 2.65. The molecule has 0 unspecified atom stereocenters. The number of carboxylic acids is 1. The van der Waals surface area contributed by atoms with Gasteiger partial charge in [0, 0.05) is 17.7 Å². The number of hydrogen-bond donors (Lipinski definition) is 2. The van der Waals surface area contributed by atoms with Crippen molar-refractivity contribution in [2.45, 2.75) is 26.3 Å². The number of nitrogens with one attached hydrogen (secondary N) is 1. The molecule has 2 N–H and O–H groups in total. The van der Waals surface area contributed by atoms with Crippen molar-refractivity contribution in [3.8, 4) is 5.75 Å². The van der Waals surface area contributed by atoms with Crippen LogP contribution in [0.3, 0.4) is 0 Å². The minimum Gasteiger partial charge on any atom is -0.496 e. The number of amides is 1. The largest absolute Gasteiger partial charge is 0.496 e. The van der Waals surface area contributed by atoms with Crippen LogP contribution in [-0.2, 0) is 17.8 Å². The number of methoxy groups -OCH3 is 1. The molecule has 0 radical (unpaired) electrons. The Morgan fingerprint density at radius 3 is 2.48 bits per heavy atom. The van der Waals surface area contributed by atoms with Gasteiger partial charge in [-0.25, -0.2) is 0 Å². The normalized spacial score (nSPS) is 11.6. The zero-order valence-electron chi connectivity index (χ0n) is 14.5. The lowest BCUT2D eigenvalue weighted by Crippen LogP contribution is -2.23. The van der Waals surface area contributed by atoms with Crippen LogP contribution in [0, 0.1) is 5.92 Å². The molecule has 132 valence electrons. The van der Waals surface area contributed by atoms with Gasteiger partial charge in [-0.05, 0) is 36.6 Å². The van der Waals surface area contributed by atoms with Gasteiger partial charge in [0.05, 0.1) is 13.0 Å². The molecule has 0 spiro atoms. The summed E-state index contributed by atoms with van der Waals surface area (Å²) >= 11 is 0. The maximum Gasteiger partial charge on any atom is 0.306 e. The zero-order chi connectivity index (χ0) is 18.2. The average molecular weight is 341 g/mol. The van der Waals surface area contributed by atoms with Gasteiger partial charge >= 0.3 is 5.97 Å². The molecule has 0 aliphatic carbocycles. The van der Waals surface area contributed by atoms with E-state index in [1.807, 2.05) is 43.3 Å². The molecular weight excluding hydrogens is 318 g/mol. The summed E-state index contributed by atoms with van der Waals surface area (Å²) in [6.45, 7) is 2.18. The summed E-state index contributed by atoms with van der Waals surface area (Å²) in [6, 6.07) is 14.6. The maximum absolute atomic E-state index is 12.2. The van der Waals surface area contributed by atoms with Crippen LogP contribution < -0.4 is 10.1 Å². The second-order valence-electron chi connectivity index (χ2n) is 5.84. The molecular formula is C20H23NO4. The number of aliphatic carboxylic acids is 1. The van der Waals surface area contributed by atoms with Crippen molar-refractivity contribution >= 4 is 11.9 Å². The van der Waals surface area contributed by atoms with E-state index in [1.165, 1.54) is 0 Å². The van der Waals surface area contributed by atoms with Crippen molar-refractivity contribution in [1.82, 2.24) is 5.32 Å². The molecule has 0 bridgehead atoms. The molecule has 25 heavy (non-hydrogen) atoms. The highest BCUT2D eigenvalue weighted by molar-refractivity contribution is 5.94. The Hall–Kier alpha value is -2.82. The van der Waals surface area contributed by atoms with Crippen LogP contribution >= 0.6 is 0 Å². The standard InChI is InChI=1S/C20H23NO4/c1-3-15(20(23)24)11-14-9-10-18(25-2)17(12-14)13-21-19(22)16-7-5-4-6-8-16/h4-10,12,15H,3,11,13H2,1-2H3,(H,21,22)(H,23,24)/t15-/m0/s1. The lowest BCUT2D eigenvalue weighted by atomic mass is 9.95. The van der Waals surface area contributed by atoms with E-state index in [9.17, 15) is 14.7 Å². The average Bonchev–Trinajstić information content (AvgIpc) is 2.64. The number of hydrogen-bond acceptors (Lipinski definition) is 3. The van der Waals surface area contributed by atoms with Crippen molar-refractivity contribution in [3.63, 3.8) is 0 Å². The third kappa shape index (κ3) is 5.08. The molecule has 5 nitrogen and oxygen atoms in total. The van der Waals surface area contributed by atoms with E-state index >= 15 is 0 Å². The predicted molar refractivity (Wildman–Crippen MR) is 95.7 cm³/mol. The van der Waals surface area contributed by atoms with Crippen molar-refractivity contribution in [3.05, 3.63) is 65.2 Å². The van der Waals surface area contributed by atoms with Crippen LogP contribution in [0.1, 0.15) is 34.8 Å². The number of rotatable bonds is 8. The molecule has 0 heterocycles. The first-order valence-electron chi connectivity index (χ1n) is 8.27. The van der Waals surface area contributed by atoms with Gasteiger partial charge in [0.15, 0.2) is 0 Å². The fourth-order valence-corrected chi connectivity index (χ4v) is 2.65. The van der Waals surface area contributed by atoms with Crippen molar-refractivity contribution in [1.29, 1.82) is 0 Å². The molecule has 0 aliphatic heterocycles. The Morgan fingerprint density at radius 2 is 1.88 bits per heavy atom. The van der Waals surface area contributed by atoms with Crippen molar-refractivity contribution in [2.24, 2.45) is 5.92 Å². The van der Waals surface area contributed by atoms with E-state index in [0.29, 0.717) is 30.7 Å². The summed E-state index contributed by atoms with van der Waals surface area (Å²) in [5, 5.41) is 12.1. The van der Waals surface area contributed by atoms with E-state index < -0.39 is 11.9 Å². The summed E-state index contributed by atoms with van der Waals surface area (Å²) < 4.78 is 5.35. The number of carbonyl (C=O) groups excluding carboxylic acids is 1. The summed E-state index contributed by atoms with van der Waals surface area (Å²) in [7, 11) is 1.57. The molecule has 2 aromatic rings. The Bertz CT molecular complexity index is 728. The maximum atomic E-state index is 12.2. The van der Waals surface area contributed by atoms with E-state index in [-0.39, 0.29) is 5.91 Å². The molecule has 1 amide bonds. The van der Waals surface area contributed by atoms with E-state index in [0.717, 1.165) is 11.1 Å². The molecule has 1 atom stereocenters. The molecule has 2 rings (SSSR count). The lowest BCUT2D eigenvalue weighted by Gasteiger charge is -2.14. The summed E-state index contributed by atoms with van der Waals surface area (Å²) in [5.41, 5.74) is 2.33. The van der Waals surface area contributed by atoms with Gasteiger partial charge in [-0.2, -0.15) is 0 Å². The van der Waals surface area contributed by atoms with Gasteiger partial charge in [-0.1, -0.05) is 37.3 Å². The van der Waals surface area contributed by atoms with Gasteiger partial charge in [-0.15, -0.1) is 0 Å². The van der Waals surface area contributed by atoms with E-state index in [1.54, 1.807) is 19.2 Å². The quantitative estimate of drug-likeness (QED) is 0.772. The van der Waals surface area contributed by atoms with Crippen LogP contribution in [0.2, 0.25) is 0 Å². The smallest absolute Gasteiger partial charge is 0.306 e. The van der Waals surface area contributed by atoms with Crippen LogP contribution in [-0.4, -0.2) is 24.1 Å². The zero-order valence-corrected chi connectivity index (χ0v) is 14.5. The fraction of sp³-hybridized carbons (Fsp3) is 0.300. The number of benzene rings is 2. The summed E-state index contributed by atoms with van der Waals surface area (Å²) in [5.74, 6) is -0.706. The summed E-state index contributed by atoms with van der Waals surface area (Å²) in [4.78, 5) is 23.4. The van der Waals surface area contributed by atoms with E-state index in [2.05, 4.69) is 5.32 Å². The third-order valence-electron chi connectivity index (χ3n) is 4.14. The van der Waals surface area contributed by atoms with Gasteiger partial charge in [0.25, 0.3) is 5.91 Å². The number of ether oxygens (including phenoxy) is 1. The Balaban J connectivity index is 2.11.